The Labute approximate surface area is 338 Å². The molecule has 1 nitrogen and oxygen atoms in total. The third kappa shape index (κ3) is 4.68. The molecule has 3 aliphatic rings. The highest BCUT2D eigenvalue weighted by Gasteiger charge is 2.49. The van der Waals surface area contributed by atoms with Crippen molar-refractivity contribution in [3.8, 4) is 33.4 Å². The SMILES string of the molecule is Cc1cc(N(c2ccc3c(c2)C(C)(C)c2ccccc2-3)c2ccc3c(c2)C(C)(C)c2ccccc2-3)cc([Si]2(c3ccccc3)c3ccccc3-c3ccccc32)c1. The molecular weight excluding hydrogens is 703 g/mol. The van der Waals surface area contributed by atoms with Gasteiger partial charge in [-0.1, -0.05) is 173 Å². The van der Waals surface area contributed by atoms with E-state index in [1.807, 2.05) is 0 Å². The maximum absolute atomic E-state index is 2.73. The summed E-state index contributed by atoms with van der Waals surface area (Å²) < 4.78 is 0. The van der Waals surface area contributed by atoms with Crippen molar-refractivity contribution in [2.24, 2.45) is 0 Å². The minimum absolute atomic E-state index is 0.117. The Bertz CT molecular complexity index is 2780. The van der Waals surface area contributed by atoms with Crippen molar-refractivity contribution in [1.29, 1.82) is 0 Å². The second-order valence-electron chi connectivity index (χ2n) is 17.4. The molecule has 0 N–H and O–H groups in total. The Balaban J connectivity index is 1.18. The topological polar surface area (TPSA) is 3.24 Å². The molecule has 11 rings (SSSR count). The Morgan fingerprint density at radius 1 is 0.351 bits per heavy atom. The van der Waals surface area contributed by atoms with Crippen LogP contribution >= 0.6 is 0 Å². The summed E-state index contributed by atoms with van der Waals surface area (Å²) in [4.78, 5) is 2.55. The van der Waals surface area contributed by atoms with Crippen LogP contribution in [0.1, 0.15) is 55.5 Å². The van der Waals surface area contributed by atoms with E-state index in [2.05, 4.69) is 222 Å². The van der Waals surface area contributed by atoms with Crippen LogP contribution in [0, 0.1) is 6.92 Å². The Hall–Kier alpha value is -6.22. The summed E-state index contributed by atoms with van der Waals surface area (Å²) in [5.41, 5.74) is 18.2. The molecule has 1 heterocycles. The molecule has 0 spiro atoms. The third-order valence-corrected chi connectivity index (χ3v) is 18.4. The Morgan fingerprint density at radius 3 is 1.32 bits per heavy atom. The number of rotatable bonds is 5. The van der Waals surface area contributed by atoms with Crippen molar-refractivity contribution in [3.63, 3.8) is 0 Å². The summed E-state index contributed by atoms with van der Waals surface area (Å²) in [6.45, 7) is 11.8. The quantitative estimate of drug-likeness (QED) is 0.159. The minimum atomic E-state index is -2.73. The van der Waals surface area contributed by atoms with Crippen molar-refractivity contribution in [1.82, 2.24) is 0 Å². The van der Waals surface area contributed by atoms with Crippen LogP contribution in [0.25, 0.3) is 33.4 Å². The number of hydrogen-bond acceptors (Lipinski definition) is 1. The van der Waals surface area contributed by atoms with Gasteiger partial charge >= 0.3 is 0 Å². The Morgan fingerprint density at radius 2 is 0.789 bits per heavy atom. The molecule has 0 unspecified atom stereocenters. The summed E-state index contributed by atoms with van der Waals surface area (Å²) in [5, 5.41) is 5.76. The fourth-order valence-corrected chi connectivity index (χ4v) is 16.2. The lowest BCUT2D eigenvalue weighted by molar-refractivity contribution is 0.660. The molecule has 2 aliphatic carbocycles. The van der Waals surface area contributed by atoms with E-state index in [1.165, 1.54) is 99.0 Å². The first-order valence-electron chi connectivity index (χ1n) is 20.3. The summed E-state index contributed by atoms with van der Waals surface area (Å²) in [6.07, 6.45) is 0. The first-order valence-corrected chi connectivity index (χ1v) is 22.3. The van der Waals surface area contributed by atoms with Gasteiger partial charge in [-0.25, -0.2) is 0 Å². The van der Waals surface area contributed by atoms with Crippen molar-refractivity contribution < 1.29 is 0 Å². The monoisotopic (exact) mass is 747 g/mol. The maximum atomic E-state index is 2.55. The van der Waals surface area contributed by atoms with E-state index in [4.69, 9.17) is 0 Å². The van der Waals surface area contributed by atoms with Gasteiger partial charge in [-0.2, -0.15) is 0 Å². The maximum Gasteiger partial charge on any atom is 0.180 e. The fourth-order valence-electron chi connectivity index (χ4n) is 10.9. The van der Waals surface area contributed by atoms with Crippen molar-refractivity contribution in [2.75, 3.05) is 4.90 Å². The second kappa shape index (κ2) is 12.1. The highest BCUT2D eigenvalue weighted by Crippen LogP contribution is 2.53. The number of nitrogens with zero attached hydrogens (tertiary/aromatic N) is 1. The Kier molecular flexibility index (Phi) is 7.25. The normalized spacial score (nSPS) is 15.5. The van der Waals surface area contributed by atoms with E-state index in [0.29, 0.717) is 0 Å². The number of fused-ring (bicyclic) bond motifs is 9. The van der Waals surface area contributed by atoms with Crippen LogP contribution in [0.5, 0.6) is 0 Å². The molecule has 0 amide bonds. The van der Waals surface area contributed by atoms with E-state index >= 15 is 0 Å². The molecule has 0 aromatic heterocycles. The summed E-state index contributed by atoms with van der Waals surface area (Å²) >= 11 is 0. The van der Waals surface area contributed by atoms with E-state index in [1.54, 1.807) is 0 Å². The van der Waals surface area contributed by atoms with Gasteiger partial charge in [0.15, 0.2) is 8.07 Å². The first kappa shape index (κ1) is 34.1. The molecular formula is C55H45NSi. The van der Waals surface area contributed by atoms with Gasteiger partial charge in [-0.05, 0) is 125 Å². The van der Waals surface area contributed by atoms with Crippen LogP contribution in [-0.2, 0) is 10.8 Å². The predicted molar refractivity (Wildman–Crippen MR) is 244 cm³/mol. The lowest BCUT2D eigenvalue weighted by Crippen LogP contribution is -2.72. The third-order valence-electron chi connectivity index (χ3n) is 13.6. The lowest BCUT2D eigenvalue weighted by Gasteiger charge is -2.34. The van der Waals surface area contributed by atoms with E-state index in [0.717, 1.165) is 0 Å². The van der Waals surface area contributed by atoms with Gasteiger partial charge in [0, 0.05) is 27.9 Å². The molecule has 8 aromatic carbocycles. The van der Waals surface area contributed by atoms with Gasteiger partial charge < -0.3 is 4.90 Å². The largest absolute Gasteiger partial charge is 0.310 e. The van der Waals surface area contributed by atoms with Crippen LogP contribution in [0.2, 0.25) is 0 Å². The van der Waals surface area contributed by atoms with Gasteiger partial charge in [0.1, 0.15) is 0 Å². The van der Waals surface area contributed by atoms with Gasteiger partial charge in [0.05, 0.1) is 0 Å². The molecule has 0 saturated heterocycles. The zero-order valence-electron chi connectivity index (χ0n) is 33.3. The van der Waals surface area contributed by atoms with Crippen LogP contribution in [0.4, 0.5) is 17.1 Å². The van der Waals surface area contributed by atoms with Crippen molar-refractivity contribution in [3.05, 3.63) is 210 Å². The summed E-state index contributed by atoms with van der Waals surface area (Å²) in [7, 11) is -2.73. The van der Waals surface area contributed by atoms with Gasteiger partial charge in [0.2, 0.25) is 0 Å². The summed E-state index contributed by atoms with van der Waals surface area (Å²) in [5.74, 6) is 0. The molecule has 0 saturated carbocycles. The van der Waals surface area contributed by atoms with Gasteiger partial charge in [-0.15, -0.1) is 0 Å². The molecule has 274 valence electrons. The van der Waals surface area contributed by atoms with E-state index < -0.39 is 8.07 Å². The molecule has 1 aliphatic heterocycles. The molecule has 0 fully saturated rings. The number of aryl methyl sites for hydroxylation is 1. The van der Waals surface area contributed by atoms with Crippen LogP contribution in [-0.4, -0.2) is 8.07 Å². The number of benzene rings is 8. The van der Waals surface area contributed by atoms with Gasteiger partial charge in [-0.3, -0.25) is 0 Å². The number of anilines is 3. The van der Waals surface area contributed by atoms with Crippen LogP contribution in [0.15, 0.2) is 182 Å². The molecule has 0 bridgehead atoms. The fraction of sp³-hybridized carbons (Fsp3) is 0.127. The molecule has 8 aromatic rings. The highest BCUT2D eigenvalue weighted by molar-refractivity contribution is 7.22. The van der Waals surface area contributed by atoms with Crippen molar-refractivity contribution in [2.45, 2.75) is 45.4 Å². The second-order valence-corrected chi connectivity index (χ2v) is 21.1. The van der Waals surface area contributed by atoms with Gasteiger partial charge in [0.25, 0.3) is 0 Å². The zero-order valence-corrected chi connectivity index (χ0v) is 34.3. The molecule has 2 heteroatoms. The molecule has 0 radical (unpaired) electrons. The van der Waals surface area contributed by atoms with E-state index in [-0.39, 0.29) is 10.8 Å². The van der Waals surface area contributed by atoms with E-state index in [9.17, 15) is 0 Å². The first-order chi connectivity index (χ1) is 27.7. The van der Waals surface area contributed by atoms with Crippen LogP contribution in [0.3, 0.4) is 0 Å². The minimum Gasteiger partial charge on any atom is -0.310 e. The van der Waals surface area contributed by atoms with Crippen LogP contribution < -0.4 is 25.6 Å². The predicted octanol–water partition coefficient (Wildman–Crippen LogP) is 11.4. The highest BCUT2D eigenvalue weighted by atomic mass is 28.3. The smallest absolute Gasteiger partial charge is 0.180 e. The molecule has 57 heavy (non-hydrogen) atoms. The van der Waals surface area contributed by atoms with Crippen molar-refractivity contribution >= 4 is 45.9 Å². The average molecular weight is 748 g/mol. The number of hydrogen-bond donors (Lipinski definition) is 0. The molecule has 0 atom stereocenters. The summed E-state index contributed by atoms with van der Waals surface area (Å²) in [6, 6.07) is 69.6. The zero-order chi connectivity index (χ0) is 38.7. The standard InChI is InChI=1S/C55H45NSi/c1-36-31-39(33-41(32-36)57(40-17-7-6-8-18-40)52-25-15-11-21-46(52)47-22-12-16-26-53(47)57)56(37-27-29-44-42-19-9-13-23-48(42)54(2,3)50(44)34-37)38-28-30-45-43-20-10-14-24-49(43)55(4,5)51(45)35-38/h6-35H,1-5H3. The lowest BCUT2D eigenvalue weighted by atomic mass is 9.82. The average Bonchev–Trinajstić information content (AvgIpc) is 3.76.